The van der Waals surface area contributed by atoms with Crippen molar-refractivity contribution in [2.75, 3.05) is 31.9 Å². The normalized spacial score (nSPS) is 12.7. The molecule has 0 aliphatic heterocycles. The van der Waals surface area contributed by atoms with Crippen molar-refractivity contribution in [3.8, 4) is 23.0 Å². The summed E-state index contributed by atoms with van der Waals surface area (Å²) in [6, 6.07) is 15.7. The molecular formula is C46H60N4O8. The van der Waals surface area contributed by atoms with Gasteiger partial charge in [0, 0.05) is 29.9 Å². The molecule has 0 saturated carbocycles. The monoisotopic (exact) mass is 796 g/mol. The largest absolute Gasteiger partial charge is 0.459 e. The summed E-state index contributed by atoms with van der Waals surface area (Å²) in [7, 11) is 0. The lowest BCUT2D eigenvalue weighted by atomic mass is 10.0. The first-order valence-electron chi connectivity index (χ1n) is 19.5. The maximum absolute atomic E-state index is 13.1. The zero-order valence-electron chi connectivity index (χ0n) is 36.3. The molecule has 1 aromatic heterocycles. The summed E-state index contributed by atoms with van der Waals surface area (Å²) >= 11 is 0. The molecule has 12 nitrogen and oxygen atoms in total. The second kappa shape index (κ2) is 18.1. The molecule has 1 aliphatic carbocycles. The van der Waals surface area contributed by atoms with Crippen LogP contribution in [0.5, 0.6) is 0 Å². The topological polar surface area (TPSA) is 151 Å². The number of hydrogen-bond donors (Lipinski definition) is 1. The minimum absolute atomic E-state index is 0.0549. The molecule has 3 aromatic rings. The van der Waals surface area contributed by atoms with Gasteiger partial charge in [0.05, 0.1) is 37.6 Å². The number of carbonyl (C=O) groups excluding carboxylic acids is 4. The summed E-state index contributed by atoms with van der Waals surface area (Å²) in [6.45, 7) is 20.5. The Labute approximate surface area is 343 Å². The third kappa shape index (κ3) is 15.6. The van der Waals surface area contributed by atoms with E-state index >= 15 is 0 Å². The number of esters is 4. The van der Waals surface area contributed by atoms with Crippen molar-refractivity contribution in [2.45, 2.75) is 125 Å². The molecule has 0 spiro atoms. The van der Waals surface area contributed by atoms with Crippen LogP contribution in [0.2, 0.25) is 0 Å². The van der Waals surface area contributed by atoms with Crippen LogP contribution in [0.4, 0.5) is 5.69 Å². The van der Waals surface area contributed by atoms with Crippen molar-refractivity contribution in [2.24, 2.45) is 0 Å². The Morgan fingerprint density at radius 3 is 1.31 bits per heavy atom. The molecule has 12 heteroatoms. The molecule has 0 fully saturated rings. The highest BCUT2D eigenvalue weighted by Crippen LogP contribution is 2.37. The smallest absolute Gasteiger partial charge is 0.320 e. The van der Waals surface area contributed by atoms with Crippen molar-refractivity contribution in [3.63, 3.8) is 0 Å². The number of nitrogens with two attached hydrogens (primary N) is 1. The SMILES string of the molecule is CC(C)(C)OC(=O)CN(CC(=O)OC(C)(C)C)Cc1cc(C#Cc2ccc3c(c2)Cc2cc(N)ccc2-3)cc(CN(CC(=O)OC(C)(C)C)CC(=O)OC(C)(C)C)n1. The fourth-order valence-electron chi connectivity index (χ4n) is 6.36. The molecule has 4 rings (SSSR count). The number of rotatable bonds is 12. The Hall–Kier alpha value is -5.25. The van der Waals surface area contributed by atoms with Gasteiger partial charge < -0.3 is 24.7 Å². The van der Waals surface area contributed by atoms with Crippen LogP contribution in [0.3, 0.4) is 0 Å². The standard InChI is InChI=1S/C46H60N4O8/c1-43(2,3)55-39(51)26-49(27-40(52)56-44(4,5)6)24-35-20-31(14-13-30-15-17-37-32(19-30)22-33-23-34(47)16-18-38(33)37)21-36(48-35)25-50(28-41(53)57-45(7,8)9)29-42(54)58-46(10,11)12/h15-21,23H,22,24-29,47H2,1-12H3. The Bertz CT molecular complexity index is 1930. The second-order valence-electron chi connectivity index (χ2n) is 18.7. The number of ether oxygens (including phenoxy) is 4. The van der Waals surface area contributed by atoms with Gasteiger partial charge in [0.2, 0.25) is 0 Å². The summed E-state index contributed by atoms with van der Waals surface area (Å²) < 4.78 is 22.4. The summed E-state index contributed by atoms with van der Waals surface area (Å²) in [6.07, 6.45) is 0.755. The third-order valence-corrected chi connectivity index (χ3v) is 8.05. The number of hydrogen-bond acceptors (Lipinski definition) is 12. The van der Waals surface area contributed by atoms with Crippen LogP contribution in [0.25, 0.3) is 11.1 Å². The second-order valence-corrected chi connectivity index (χ2v) is 18.7. The number of nitrogen functional groups attached to an aromatic ring is 1. The lowest BCUT2D eigenvalue weighted by molar-refractivity contribution is -0.162. The highest BCUT2D eigenvalue weighted by molar-refractivity contribution is 5.79. The van der Waals surface area contributed by atoms with E-state index < -0.39 is 46.3 Å². The molecule has 312 valence electrons. The van der Waals surface area contributed by atoms with Gasteiger partial charge in [-0.1, -0.05) is 24.0 Å². The van der Waals surface area contributed by atoms with E-state index in [-0.39, 0.29) is 39.3 Å². The minimum atomic E-state index is -0.741. The summed E-state index contributed by atoms with van der Waals surface area (Å²) in [5, 5.41) is 0. The first-order chi connectivity index (χ1) is 26.7. The van der Waals surface area contributed by atoms with Gasteiger partial charge in [0.15, 0.2) is 0 Å². The Morgan fingerprint density at radius 2 is 0.914 bits per heavy atom. The minimum Gasteiger partial charge on any atom is -0.459 e. The number of benzene rings is 2. The zero-order valence-corrected chi connectivity index (χ0v) is 36.3. The molecule has 58 heavy (non-hydrogen) atoms. The molecule has 0 bridgehead atoms. The van der Waals surface area contributed by atoms with Crippen molar-refractivity contribution < 1.29 is 38.1 Å². The van der Waals surface area contributed by atoms with E-state index in [9.17, 15) is 19.2 Å². The average molecular weight is 797 g/mol. The number of nitrogens with zero attached hydrogens (tertiary/aromatic N) is 3. The number of pyridine rings is 1. The van der Waals surface area contributed by atoms with Gasteiger partial charge in [-0.15, -0.1) is 0 Å². The summed E-state index contributed by atoms with van der Waals surface area (Å²) in [5.74, 6) is 4.50. The molecule has 2 N–H and O–H groups in total. The maximum Gasteiger partial charge on any atom is 0.320 e. The number of carbonyl (C=O) groups is 4. The molecule has 0 amide bonds. The molecule has 1 heterocycles. The number of fused-ring (bicyclic) bond motifs is 3. The highest BCUT2D eigenvalue weighted by atomic mass is 16.6. The van der Waals surface area contributed by atoms with Gasteiger partial charge >= 0.3 is 23.9 Å². The third-order valence-electron chi connectivity index (χ3n) is 8.05. The zero-order chi connectivity index (χ0) is 43.2. The summed E-state index contributed by atoms with van der Waals surface area (Å²) in [5.41, 5.74) is 10.9. The van der Waals surface area contributed by atoms with Gasteiger partial charge in [0.1, 0.15) is 22.4 Å². The quantitative estimate of drug-likeness (QED) is 0.0712. The molecule has 0 radical (unpaired) electrons. The van der Waals surface area contributed by atoms with Crippen molar-refractivity contribution in [1.29, 1.82) is 0 Å². The number of aromatic nitrogens is 1. The first kappa shape index (κ1) is 45.5. The van der Waals surface area contributed by atoms with Crippen LogP contribution < -0.4 is 5.73 Å². The van der Waals surface area contributed by atoms with Gasteiger partial charge in [-0.2, -0.15) is 0 Å². The van der Waals surface area contributed by atoms with Crippen LogP contribution in [0, 0.1) is 11.8 Å². The van der Waals surface area contributed by atoms with Crippen molar-refractivity contribution in [3.05, 3.63) is 82.2 Å². The van der Waals surface area contributed by atoms with Gasteiger partial charge in [0.25, 0.3) is 0 Å². The molecule has 0 atom stereocenters. The van der Waals surface area contributed by atoms with Crippen LogP contribution in [0.1, 0.15) is 117 Å². The Morgan fingerprint density at radius 1 is 0.552 bits per heavy atom. The first-order valence-corrected chi connectivity index (χ1v) is 19.5. The highest BCUT2D eigenvalue weighted by Gasteiger charge is 2.27. The van der Waals surface area contributed by atoms with E-state index in [2.05, 4.69) is 24.0 Å². The van der Waals surface area contributed by atoms with Gasteiger partial charge in [-0.25, -0.2) is 0 Å². The fourth-order valence-corrected chi connectivity index (χ4v) is 6.36. The van der Waals surface area contributed by atoms with E-state index in [0.29, 0.717) is 17.0 Å². The lowest BCUT2D eigenvalue weighted by Crippen LogP contribution is -2.40. The van der Waals surface area contributed by atoms with Gasteiger partial charge in [-0.05, 0) is 148 Å². The van der Waals surface area contributed by atoms with E-state index in [4.69, 9.17) is 29.7 Å². The van der Waals surface area contributed by atoms with Crippen LogP contribution in [-0.2, 0) is 57.6 Å². The van der Waals surface area contributed by atoms with Crippen molar-refractivity contribution >= 4 is 29.6 Å². The predicted octanol–water partition coefficient (Wildman–Crippen LogP) is 6.61. The number of anilines is 1. The predicted molar refractivity (Wildman–Crippen MR) is 223 cm³/mol. The van der Waals surface area contributed by atoms with Gasteiger partial charge in [-0.3, -0.25) is 34.0 Å². The molecule has 1 aliphatic rings. The van der Waals surface area contributed by atoms with Crippen molar-refractivity contribution in [1.82, 2.24) is 14.8 Å². The van der Waals surface area contributed by atoms with Crippen LogP contribution in [-0.4, -0.2) is 87.2 Å². The summed E-state index contributed by atoms with van der Waals surface area (Å²) in [4.78, 5) is 60.4. The molecule has 0 unspecified atom stereocenters. The lowest BCUT2D eigenvalue weighted by Gasteiger charge is -2.27. The Balaban J connectivity index is 1.73. The molecular weight excluding hydrogens is 737 g/mol. The maximum atomic E-state index is 13.1. The average Bonchev–Trinajstić information content (AvgIpc) is 3.36. The van der Waals surface area contributed by atoms with Crippen LogP contribution in [0.15, 0.2) is 48.5 Å². The van der Waals surface area contributed by atoms with E-state index in [1.165, 1.54) is 5.56 Å². The fraction of sp³-hybridized carbons (Fsp3) is 0.500. The molecule has 2 aromatic carbocycles. The van der Waals surface area contributed by atoms with E-state index in [0.717, 1.165) is 34.4 Å². The van der Waals surface area contributed by atoms with Crippen LogP contribution >= 0.6 is 0 Å². The van der Waals surface area contributed by atoms with E-state index in [1.807, 2.05) is 24.3 Å². The molecule has 0 saturated heterocycles. The Kier molecular flexibility index (Phi) is 14.2. The van der Waals surface area contributed by atoms with E-state index in [1.54, 1.807) is 105 Å².